The van der Waals surface area contributed by atoms with E-state index in [1.54, 1.807) is 18.8 Å². The van der Waals surface area contributed by atoms with Gasteiger partial charge < -0.3 is 20.3 Å². The summed E-state index contributed by atoms with van der Waals surface area (Å²) in [5.74, 6) is 0. The third-order valence-electron chi connectivity index (χ3n) is 2.72. The van der Waals surface area contributed by atoms with Crippen molar-refractivity contribution in [2.45, 2.75) is 35.7 Å². The van der Waals surface area contributed by atoms with Crippen LogP contribution in [0.1, 0.15) is 12.8 Å². The second kappa shape index (κ2) is 4.59. The van der Waals surface area contributed by atoms with Gasteiger partial charge in [0, 0.05) is 18.9 Å². The number of nitrogens with zero attached hydrogens (tertiary/aromatic N) is 1. The third-order valence-corrected chi connectivity index (χ3v) is 4.31. The van der Waals surface area contributed by atoms with Crippen LogP contribution in [0, 0.1) is 0 Å². The Morgan fingerprint density at radius 3 is 3.13 bits per heavy atom. The second-order valence-electron chi connectivity index (χ2n) is 3.76. The van der Waals surface area contributed by atoms with Crippen LogP contribution in [0.3, 0.4) is 0 Å². The SMILES string of the molecule is CN=C1N[C@@H]2C[C@H](O)[C@@H](CCO)S[C@@H]2O1. The maximum Gasteiger partial charge on any atom is 0.285 e. The average molecular weight is 232 g/mol. The number of hydrogen-bond donors (Lipinski definition) is 3. The van der Waals surface area contributed by atoms with Crippen molar-refractivity contribution in [2.75, 3.05) is 13.7 Å². The Morgan fingerprint density at radius 2 is 2.47 bits per heavy atom. The lowest BCUT2D eigenvalue weighted by Crippen LogP contribution is -2.43. The van der Waals surface area contributed by atoms with Gasteiger partial charge in [-0.25, -0.2) is 4.99 Å². The zero-order valence-corrected chi connectivity index (χ0v) is 9.41. The van der Waals surface area contributed by atoms with E-state index in [0.29, 0.717) is 18.9 Å². The summed E-state index contributed by atoms with van der Waals surface area (Å²) in [6.07, 6.45) is 0.883. The van der Waals surface area contributed by atoms with Crippen LogP contribution >= 0.6 is 11.8 Å². The molecule has 2 rings (SSSR count). The van der Waals surface area contributed by atoms with Crippen molar-refractivity contribution in [3.63, 3.8) is 0 Å². The molecule has 2 fully saturated rings. The van der Waals surface area contributed by atoms with Crippen LogP contribution in [-0.4, -0.2) is 52.7 Å². The number of aliphatic imine (C=N–C) groups is 1. The first kappa shape index (κ1) is 11.0. The lowest BCUT2D eigenvalue weighted by atomic mass is 10.0. The molecule has 0 aromatic rings. The van der Waals surface area contributed by atoms with Crippen LogP contribution in [0.5, 0.6) is 0 Å². The fourth-order valence-electron chi connectivity index (χ4n) is 1.93. The van der Waals surface area contributed by atoms with E-state index in [1.165, 1.54) is 0 Å². The predicted octanol–water partition coefficient (Wildman–Crippen LogP) is -0.465. The third kappa shape index (κ3) is 2.21. The molecular formula is C9H16N2O3S. The number of aliphatic hydroxyl groups is 2. The van der Waals surface area contributed by atoms with Gasteiger partial charge in [-0.15, -0.1) is 11.8 Å². The van der Waals surface area contributed by atoms with Gasteiger partial charge in [-0.3, -0.25) is 0 Å². The van der Waals surface area contributed by atoms with E-state index in [9.17, 15) is 5.11 Å². The first-order chi connectivity index (χ1) is 7.24. The molecule has 0 aromatic carbocycles. The lowest BCUT2D eigenvalue weighted by molar-refractivity contribution is 0.119. The number of rotatable bonds is 2. The molecule has 6 heteroatoms. The zero-order valence-electron chi connectivity index (χ0n) is 8.59. The average Bonchev–Trinajstić information content (AvgIpc) is 2.61. The summed E-state index contributed by atoms with van der Waals surface area (Å²) in [5.41, 5.74) is 0.0173. The highest BCUT2D eigenvalue weighted by atomic mass is 32.2. The van der Waals surface area contributed by atoms with E-state index in [2.05, 4.69) is 10.3 Å². The molecule has 0 spiro atoms. The summed E-state index contributed by atoms with van der Waals surface area (Å²) in [6.45, 7) is 0.105. The van der Waals surface area contributed by atoms with Crippen molar-refractivity contribution in [1.29, 1.82) is 0 Å². The molecule has 4 atom stereocenters. The van der Waals surface area contributed by atoms with Crippen LogP contribution in [0.25, 0.3) is 0 Å². The Labute approximate surface area is 92.9 Å². The molecule has 0 aliphatic carbocycles. The van der Waals surface area contributed by atoms with Gasteiger partial charge in [0.1, 0.15) is 0 Å². The summed E-state index contributed by atoms with van der Waals surface area (Å²) in [4.78, 5) is 3.95. The molecule has 0 radical (unpaired) electrons. The van der Waals surface area contributed by atoms with E-state index in [4.69, 9.17) is 9.84 Å². The first-order valence-corrected chi connectivity index (χ1v) is 6.03. The summed E-state index contributed by atoms with van der Waals surface area (Å²) >= 11 is 1.58. The van der Waals surface area contributed by atoms with E-state index in [-0.39, 0.29) is 29.4 Å². The standard InChI is InChI=1S/C9H16N2O3S/c1-10-9-11-5-4-6(13)7(2-3-12)15-8(5)14-9/h5-8,12-13H,2-4H2,1H3,(H,10,11)/t5-,6+,7-,8+/m1/s1. The largest absolute Gasteiger partial charge is 0.449 e. The summed E-state index contributed by atoms with van der Waals surface area (Å²) in [5, 5.41) is 21.9. The van der Waals surface area contributed by atoms with Crippen molar-refractivity contribution in [1.82, 2.24) is 5.32 Å². The molecule has 2 heterocycles. The fourth-order valence-corrected chi connectivity index (χ4v) is 3.32. The Bertz CT molecular complexity index is 262. The van der Waals surface area contributed by atoms with Gasteiger partial charge in [-0.2, -0.15) is 0 Å². The number of hydrogen-bond acceptors (Lipinski definition) is 5. The molecular weight excluding hydrogens is 216 g/mol. The second-order valence-corrected chi connectivity index (χ2v) is 5.10. The first-order valence-electron chi connectivity index (χ1n) is 5.09. The van der Waals surface area contributed by atoms with Crippen LogP contribution in [-0.2, 0) is 4.74 Å². The highest BCUT2D eigenvalue weighted by Crippen LogP contribution is 2.37. The van der Waals surface area contributed by atoms with Gasteiger partial charge in [0.05, 0.1) is 12.1 Å². The number of thioether (sulfide) groups is 1. The molecule has 0 amide bonds. The number of aliphatic hydroxyl groups excluding tert-OH is 2. The molecule has 0 unspecified atom stereocenters. The summed E-state index contributed by atoms with van der Waals surface area (Å²) in [7, 11) is 1.67. The van der Waals surface area contributed by atoms with Crippen LogP contribution in [0.4, 0.5) is 0 Å². The minimum absolute atomic E-state index is 0.0173. The number of amidine groups is 1. The summed E-state index contributed by atoms with van der Waals surface area (Å²) in [6, 6.07) is 0.688. The minimum atomic E-state index is -0.379. The lowest BCUT2D eigenvalue weighted by Gasteiger charge is -2.32. The molecule has 0 bridgehead atoms. The van der Waals surface area contributed by atoms with E-state index < -0.39 is 0 Å². The van der Waals surface area contributed by atoms with Crippen LogP contribution < -0.4 is 5.32 Å². The topological polar surface area (TPSA) is 74.1 Å². The Hall–Kier alpha value is -0.460. The maximum absolute atomic E-state index is 9.84. The molecule has 0 aromatic heterocycles. The van der Waals surface area contributed by atoms with Crippen LogP contribution in [0.15, 0.2) is 4.99 Å². The Kier molecular flexibility index (Phi) is 3.38. The maximum atomic E-state index is 9.84. The van der Waals surface area contributed by atoms with Gasteiger partial charge in [0.2, 0.25) is 0 Å². The molecule has 0 saturated carbocycles. The smallest absolute Gasteiger partial charge is 0.285 e. The number of nitrogens with one attached hydrogen (secondary N) is 1. The quantitative estimate of drug-likeness (QED) is 0.600. The molecule has 2 saturated heterocycles. The zero-order chi connectivity index (χ0) is 10.8. The normalized spacial score (nSPS) is 42.2. The van der Waals surface area contributed by atoms with Crippen molar-refractivity contribution < 1.29 is 14.9 Å². The molecule has 2 aliphatic rings. The highest BCUT2D eigenvalue weighted by Gasteiger charge is 2.42. The van der Waals surface area contributed by atoms with Gasteiger partial charge in [0.15, 0.2) is 5.44 Å². The van der Waals surface area contributed by atoms with Crippen LogP contribution in [0.2, 0.25) is 0 Å². The van der Waals surface area contributed by atoms with Gasteiger partial charge in [0.25, 0.3) is 6.02 Å². The summed E-state index contributed by atoms with van der Waals surface area (Å²) < 4.78 is 5.55. The number of ether oxygens (including phenoxy) is 1. The monoisotopic (exact) mass is 232 g/mol. The van der Waals surface area contributed by atoms with Gasteiger partial charge in [-0.1, -0.05) is 0 Å². The van der Waals surface area contributed by atoms with Gasteiger partial charge >= 0.3 is 0 Å². The van der Waals surface area contributed by atoms with Crippen molar-refractivity contribution in [3.8, 4) is 0 Å². The van der Waals surface area contributed by atoms with E-state index in [0.717, 1.165) is 0 Å². The minimum Gasteiger partial charge on any atom is -0.449 e. The molecule has 3 N–H and O–H groups in total. The highest BCUT2D eigenvalue weighted by molar-refractivity contribution is 8.00. The molecule has 86 valence electrons. The number of fused-ring (bicyclic) bond motifs is 1. The molecule has 15 heavy (non-hydrogen) atoms. The Balaban J connectivity index is 1.99. The fraction of sp³-hybridized carbons (Fsp3) is 0.889. The molecule has 5 nitrogen and oxygen atoms in total. The van der Waals surface area contributed by atoms with E-state index >= 15 is 0 Å². The Morgan fingerprint density at radius 1 is 1.67 bits per heavy atom. The van der Waals surface area contributed by atoms with Crippen molar-refractivity contribution in [2.24, 2.45) is 4.99 Å². The predicted molar refractivity (Wildman–Crippen MR) is 58.9 cm³/mol. The van der Waals surface area contributed by atoms with Crippen molar-refractivity contribution in [3.05, 3.63) is 0 Å². The van der Waals surface area contributed by atoms with Crippen molar-refractivity contribution >= 4 is 17.8 Å². The van der Waals surface area contributed by atoms with Gasteiger partial charge in [-0.05, 0) is 12.8 Å². The van der Waals surface area contributed by atoms with E-state index in [1.807, 2.05) is 0 Å². The molecule has 2 aliphatic heterocycles.